The number of carbonyl (C=O) groups excluding carboxylic acids is 1. The fraction of sp³-hybridized carbons (Fsp3) is 0.444. The van der Waals surface area contributed by atoms with Gasteiger partial charge in [-0.3, -0.25) is 0 Å². The molecule has 0 aliphatic carbocycles. The highest BCUT2D eigenvalue weighted by Gasteiger charge is 2.16. The van der Waals surface area contributed by atoms with Crippen LogP contribution in [0.5, 0.6) is 0 Å². The Morgan fingerprint density at radius 2 is 2.04 bits per heavy atom. The van der Waals surface area contributed by atoms with E-state index in [-0.39, 0.29) is 6.03 Å². The minimum Gasteiger partial charge on any atom is -0.378 e. The molecule has 1 fully saturated rings. The Kier molecular flexibility index (Phi) is 5.82. The Bertz CT molecular complexity index is 666. The monoisotopic (exact) mass is 345 g/mol. The number of thiazole rings is 1. The summed E-state index contributed by atoms with van der Waals surface area (Å²) in [5.74, 6) is 0. The molecule has 0 spiro atoms. The van der Waals surface area contributed by atoms with Crippen LogP contribution < -0.4 is 5.32 Å². The van der Waals surface area contributed by atoms with Crippen LogP contribution >= 0.6 is 11.3 Å². The van der Waals surface area contributed by atoms with Gasteiger partial charge in [0.25, 0.3) is 0 Å². The van der Waals surface area contributed by atoms with Crippen LogP contribution in [0.15, 0.2) is 30.3 Å². The van der Waals surface area contributed by atoms with Gasteiger partial charge in [0, 0.05) is 37.4 Å². The first-order valence-electron chi connectivity index (χ1n) is 8.32. The quantitative estimate of drug-likeness (QED) is 0.906. The number of hydrogen-bond acceptors (Lipinski definition) is 4. The van der Waals surface area contributed by atoms with Gasteiger partial charge in [-0.15, -0.1) is 11.3 Å². The molecular formula is C18H23N3O2S. The highest BCUT2D eigenvalue weighted by atomic mass is 32.1. The summed E-state index contributed by atoms with van der Waals surface area (Å²) >= 11 is 1.75. The molecule has 5 nitrogen and oxygen atoms in total. The first-order valence-corrected chi connectivity index (χ1v) is 9.13. The van der Waals surface area contributed by atoms with Gasteiger partial charge in [-0.05, 0) is 12.5 Å². The summed E-state index contributed by atoms with van der Waals surface area (Å²) in [6.45, 7) is 5.27. The van der Waals surface area contributed by atoms with E-state index < -0.39 is 0 Å². The van der Waals surface area contributed by atoms with Crippen molar-refractivity contribution in [2.45, 2.75) is 19.8 Å². The summed E-state index contributed by atoms with van der Waals surface area (Å²) in [7, 11) is 0. The number of carbonyl (C=O) groups is 1. The van der Waals surface area contributed by atoms with Crippen molar-refractivity contribution in [1.29, 1.82) is 0 Å². The smallest absolute Gasteiger partial charge is 0.317 e. The van der Waals surface area contributed by atoms with Gasteiger partial charge in [0.15, 0.2) is 0 Å². The van der Waals surface area contributed by atoms with Crippen LogP contribution in [0.2, 0.25) is 0 Å². The lowest BCUT2D eigenvalue weighted by Gasteiger charge is -2.26. The molecule has 1 aromatic carbocycles. The summed E-state index contributed by atoms with van der Waals surface area (Å²) in [5, 5.41) is 4.06. The molecule has 1 aliphatic rings. The van der Waals surface area contributed by atoms with Gasteiger partial charge in [-0.2, -0.15) is 0 Å². The molecule has 1 saturated heterocycles. The maximum atomic E-state index is 12.0. The Labute approximate surface area is 146 Å². The highest BCUT2D eigenvalue weighted by Crippen LogP contribution is 2.21. The molecule has 0 radical (unpaired) electrons. The number of rotatable bonds is 5. The van der Waals surface area contributed by atoms with E-state index in [1.54, 1.807) is 16.2 Å². The molecule has 1 N–H and O–H groups in total. The van der Waals surface area contributed by atoms with Crippen LogP contribution in [0, 0.1) is 6.92 Å². The van der Waals surface area contributed by atoms with E-state index in [4.69, 9.17) is 4.74 Å². The normalized spacial score (nSPS) is 14.6. The van der Waals surface area contributed by atoms with Crippen molar-refractivity contribution in [1.82, 2.24) is 15.2 Å². The Hall–Kier alpha value is -1.92. The van der Waals surface area contributed by atoms with Crippen LogP contribution in [0.25, 0.3) is 0 Å². The Balaban J connectivity index is 1.49. The maximum absolute atomic E-state index is 12.0. The van der Waals surface area contributed by atoms with E-state index in [0.717, 1.165) is 23.5 Å². The molecule has 1 aromatic heterocycles. The number of urea groups is 1. The third kappa shape index (κ3) is 4.55. The van der Waals surface area contributed by atoms with Crippen LogP contribution in [-0.4, -0.2) is 48.8 Å². The number of nitrogens with one attached hydrogen (secondary N) is 1. The van der Waals surface area contributed by atoms with Gasteiger partial charge in [0.2, 0.25) is 0 Å². The van der Waals surface area contributed by atoms with Crippen LogP contribution in [0.1, 0.15) is 21.1 Å². The summed E-state index contributed by atoms with van der Waals surface area (Å²) < 4.78 is 5.26. The minimum absolute atomic E-state index is 0.00362. The van der Waals surface area contributed by atoms with Gasteiger partial charge in [-0.1, -0.05) is 30.3 Å². The first kappa shape index (κ1) is 16.9. The molecule has 2 heterocycles. The minimum atomic E-state index is -0.00362. The number of aryl methyl sites for hydroxylation is 1. The lowest BCUT2D eigenvalue weighted by Crippen LogP contribution is -2.46. The number of amides is 2. The van der Waals surface area contributed by atoms with Crippen molar-refractivity contribution >= 4 is 17.4 Å². The zero-order valence-corrected chi connectivity index (χ0v) is 14.8. The predicted molar refractivity (Wildman–Crippen MR) is 95.6 cm³/mol. The topological polar surface area (TPSA) is 54.5 Å². The number of ether oxygens (including phenoxy) is 1. The van der Waals surface area contributed by atoms with Crippen LogP contribution in [0.3, 0.4) is 0 Å². The molecule has 0 unspecified atom stereocenters. The highest BCUT2D eigenvalue weighted by molar-refractivity contribution is 7.11. The van der Waals surface area contributed by atoms with Crippen molar-refractivity contribution in [3.05, 3.63) is 51.5 Å². The fourth-order valence-corrected chi connectivity index (χ4v) is 3.80. The standard InChI is InChI=1S/C18H23N3O2S/c1-14-16(13-15-5-3-2-4-6-15)24-17(20-14)7-8-19-18(22)21-9-11-23-12-10-21/h2-6H,7-13H2,1H3,(H,19,22). The average Bonchev–Trinajstić information content (AvgIpc) is 2.96. The number of hydrogen-bond donors (Lipinski definition) is 1. The number of nitrogens with zero attached hydrogens (tertiary/aromatic N) is 2. The van der Waals surface area contributed by atoms with E-state index in [1.807, 2.05) is 6.07 Å². The fourth-order valence-electron chi connectivity index (χ4n) is 2.70. The first-order chi connectivity index (χ1) is 11.7. The number of benzene rings is 1. The largest absolute Gasteiger partial charge is 0.378 e. The molecular weight excluding hydrogens is 322 g/mol. The molecule has 0 saturated carbocycles. The Morgan fingerprint density at radius 3 is 2.79 bits per heavy atom. The summed E-state index contributed by atoms with van der Waals surface area (Å²) in [5.41, 5.74) is 2.40. The zero-order chi connectivity index (χ0) is 16.8. The second-order valence-corrected chi connectivity index (χ2v) is 7.03. The van der Waals surface area contributed by atoms with E-state index in [9.17, 15) is 4.79 Å². The van der Waals surface area contributed by atoms with Crippen molar-refractivity contribution in [3.8, 4) is 0 Å². The van der Waals surface area contributed by atoms with E-state index in [0.29, 0.717) is 32.8 Å². The van der Waals surface area contributed by atoms with Gasteiger partial charge in [0.05, 0.1) is 23.9 Å². The predicted octanol–water partition coefficient (Wildman–Crippen LogP) is 2.63. The van der Waals surface area contributed by atoms with Crippen molar-refractivity contribution in [2.24, 2.45) is 0 Å². The molecule has 0 bridgehead atoms. The van der Waals surface area contributed by atoms with Crippen LogP contribution in [0.4, 0.5) is 4.79 Å². The van der Waals surface area contributed by atoms with Crippen molar-refractivity contribution < 1.29 is 9.53 Å². The lowest BCUT2D eigenvalue weighted by atomic mass is 10.1. The van der Waals surface area contributed by atoms with Gasteiger partial charge in [0.1, 0.15) is 0 Å². The molecule has 128 valence electrons. The van der Waals surface area contributed by atoms with Gasteiger partial charge < -0.3 is 15.0 Å². The average molecular weight is 345 g/mol. The van der Waals surface area contributed by atoms with Gasteiger partial charge >= 0.3 is 6.03 Å². The van der Waals surface area contributed by atoms with Gasteiger partial charge in [-0.25, -0.2) is 9.78 Å². The molecule has 2 aromatic rings. The van der Waals surface area contributed by atoms with E-state index in [1.165, 1.54) is 10.4 Å². The molecule has 24 heavy (non-hydrogen) atoms. The molecule has 1 aliphatic heterocycles. The van der Waals surface area contributed by atoms with E-state index >= 15 is 0 Å². The summed E-state index contributed by atoms with van der Waals surface area (Å²) in [6.07, 6.45) is 1.70. The molecule has 6 heteroatoms. The van der Waals surface area contributed by atoms with Crippen LogP contribution in [-0.2, 0) is 17.6 Å². The molecule has 0 atom stereocenters. The second kappa shape index (κ2) is 8.26. The van der Waals surface area contributed by atoms with Crippen molar-refractivity contribution in [3.63, 3.8) is 0 Å². The second-order valence-electron chi connectivity index (χ2n) is 5.86. The number of aromatic nitrogens is 1. The summed E-state index contributed by atoms with van der Waals surface area (Å²) in [4.78, 5) is 19.8. The Morgan fingerprint density at radius 1 is 1.29 bits per heavy atom. The van der Waals surface area contributed by atoms with E-state index in [2.05, 4.69) is 41.5 Å². The van der Waals surface area contributed by atoms with Crippen molar-refractivity contribution in [2.75, 3.05) is 32.8 Å². The third-order valence-electron chi connectivity index (χ3n) is 4.06. The lowest BCUT2D eigenvalue weighted by molar-refractivity contribution is 0.0533. The molecule has 3 rings (SSSR count). The molecule has 2 amide bonds. The summed E-state index contributed by atoms with van der Waals surface area (Å²) in [6, 6.07) is 10.4. The number of morpholine rings is 1. The zero-order valence-electron chi connectivity index (χ0n) is 14.0. The SMILES string of the molecule is Cc1nc(CCNC(=O)N2CCOCC2)sc1Cc1ccccc1. The third-order valence-corrected chi connectivity index (χ3v) is 5.28. The maximum Gasteiger partial charge on any atom is 0.317 e.